The second-order valence-corrected chi connectivity index (χ2v) is 8.52. The molecule has 2 atom stereocenters. The first-order valence-electron chi connectivity index (χ1n) is 9.77. The van der Waals surface area contributed by atoms with E-state index in [0.29, 0.717) is 11.4 Å². The summed E-state index contributed by atoms with van der Waals surface area (Å²) in [6.07, 6.45) is 0.296. The Morgan fingerprint density at radius 1 is 1.03 bits per heavy atom. The maximum atomic E-state index is 10.5. The zero-order valence-corrected chi connectivity index (χ0v) is 19.4. The third-order valence-electron chi connectivity index (χ3n) is 5.32. The molecule has 5 nitrogen and oxygen atoms in total. The third-order valence-corrected chi connectivity index (χ3v) is 6.18. The van der Waals surface area contributed by atoms with Crippen LogP contribution >= 0.6 is 27.5 Å². The van der Waals surface area contributed by atoms with Gasteiger partial charge in [0.05, 0.1) is 18.7 Å². The predicted molar refractivity (Wildman–Crippen MR) is 127 cm³/mol. The molecular formula is C24H22BrClN2O3. The molecular weight excluding hydrogens is 480 g/mol. The van der Waals surface area contributed by atoms with Crippen LogP contribution in [-0.4, -0.2) is 25.0 Å². The van der Waals surface area contributed by atoms with Crippen molar-refractivity contribution in [2.75, 3.05) is 14.2 Å². The first kappa shape index (κ1) is 21.7. The number of rotatable bonds is 5. The molecule has 0 aromatic heterocycles. The minimum absolute atomic E-state index is 0.167. The first-order chi connectivity index (χ1) is 15.0. The Kier molecular flexibility index (Phi) is 6.51. The molecule has 0 radical (unpaired) electrons. The van der Waals surface area contributed by atoms with Crippen molar-refractivity contribution in [1.29, 1.82) is 0 Å². The van der Waals surface area contributed by atoms with E-state index in [1.54, 1.807) is 32.4 Å². The van der Waals surface area contributed by atoms with Gasteiger partial charge >= 0.3 is 0 Å². The zero-order chi connectivity index (χ0) is 22.0. The number of phenolic OH excluding ortho intramolecular Hbond substituents is 1. The molecule has 0 fully saturated rings. The van der Waals surface area contributed by atoms with E-state index in [4.69, 9.17) is 26.1 Å². The van der Waals surface area contributed by atoms with E-state index in [1.165, 1.54) is 0 Å². The van der Waals surface area contributed by atoms with Crippen LogP contribution in [0.2, 0.25) is 5.02 Å². The number of phenols is 1. The molecule has 160 valence electrons. The molecule has 0 spiro atoms. The van der Waals surface area contributed by atoms with Crippen molar-refractivity contribution in [3.63, 3.8) is 0 Å². The first-order valence-corrected chi connectivity index (χ1v) is 10.9. The Morgan fingerprint density at radius 3 is 2.48 bits per heavy atom. The summed E-state index contributed by atoms with van der Waals surface area (Å²) >= 11 is 9.79. The molecule has 3 aromatic carbocycles. The lowest BCUT2D eigenvalue weighted by molar-refractivity contribution is 0.406. The SMILES string of the molecule is COc1ccc(C2=N[C@@H](c3ccc(OC)c(Br)c3)N[C@@H](c3cc(Cl)ccc3O)C2)cc1. The van der Waals surface area contributed by atoms with E-state index in [1.807, 2.05) is 42.5 Å². The number of ether oxygens (including phenoxy) is 2. The van der Waals surface area contributed by atoms with E-state index in [2.05, 4.69) is 21.2 Å². The van der Waals surface area contributed by atoms with Gasteiger partial charge in [-0.15, -0.1) is 0 Å². The molecule has 0 saturated heterocycles. The van der Waals surface area contributed by atoms with Gasteiger partial charge in [-0.05, 0) is 81.7 Å². The number of halogens is 2. The number of aromatic hydroxyl groups is 1. The maximum Gasteiger partial charge on any atom is 0.133 e. The molecule has 4 rings (SSSR count). The van der Waals surface area contributed by atoms with Crippen LogP contribution in [0.1, 0.15) is 35.3 Å². The fourth-order valence-corrected chi connectivity index (χ4v) is 4.43. The van der Waals surface area contributed by atoms with Crippen molar-refractivity contribution in [3.05, 3.63) is 86.8 Å². The van der Waals surface area contributed by atoms with Crippen LogP contribution in [-0.2, 0) is 0 Å². The lowest BCUT2D eigenvalue weighted by atomic mass is 9.93. The summed E-state index contributed by atoms with van der Waals surface area (Å²) in [4.78, 5) is 4.99. The van der Waals surface area contributed by atoms with E-state index >= 15 is 0 Å². The van der Waals surface area contributed by atoms with E-state index in [0.717, 1.165) is 38.4 Å². The third kappa shape index (κ3) is 4.71. The van der Waals surface area contributed by atoms with Gasteiger partial charge in [0.2, 0.25) is 0 Å². The van der Waals surface area contributed by atoms with Crippen LogP contribution in [0.4, 0.5) is 0 Å². The highest BCUT2D eigenvalue weighted by Crippen LogP contribution is 2.37. The number of nitrogens with zero attached hydrogens (tertiary/aromatic N) is 1. The number of methoxy groups -OCH3 is 2. The average Bonchev–Trinajstić information content (AvgIpc) is 2.80. The van der Waals surface area contributed by atoms with Crippen LogP contribution in [0.3, 0.4) is 0 Å². The topological polar surface area (TPSA) is 63.1 Å². The number of hydrogen-bond donors (Lipinski definition) is 2. The van der Waals surface area contributed by atoms with Gasteiger partial charge in [-0.1, -0.05) is 17.7 Å². The molecule has 1 aliphatic rings. The van der Waals surface area contributed by atoms with Gasteiger partial charge in [0, 0.05) is 28.8 Å². The van der Waals surface area contributed by atoms with E-state index in [9.17, 15) is 5.11 Å². The highest BCUT2D eigenvalue weighted by atomic mass is 79.9. The highest BCUT2D eigenvalue weighted by Gasteiger charge is 2.28. The summed E-state index contributed by atoms with van der Waals surface area (Å²) in [5.74, 6) is 1.74. The zero-order valence-electron chi connectivity index (χ0n) is 17.1. The Balaban J connectivity index is 1.76. The number of nitrogens with one attached hydrogen (secondary N) is 1. The number of hydrogen-bond acceptors (Lipinski definition) is 5. The Hall–Kier alpha value is -2.54. The summed E-state index contributed by atoms with van der Waals surface area (Å²) < 4.78 is 11.5. The molecule has 0 unspecified atom stereocenters. The molecule has 3 aromatic rings. The Labute approximate surface area is 194 Å². The number of aliphatic imine (C=N–C) groups is 1. The van der Waals surface area contributed by atoms with Crippen LogP contribution in [0, 0.1) is 0 Å². The second kappa shape index (κ2) is 9.30. The Morgan fingerprint density at radius 2 is 1.81 bits per heavy atom. The summed E-state index contributed by atoms with van der Waals surface area (Å²) in [5, 5.41) is 14.6. The van der Waals surface area contributed by atoms with Gasteiger partial charge in [-0.2, -0.15) is 0 Å². The van der Waals surface area contributed by atoms with Gasteiger partial charge in [0.25, 0.3) is 0 Å². The minimum Gasteiger partial charge on any atom is -0.508 e. The lowest BCUT2D eigenvalue weighted by Crippen LogP contribution is -2.33. The average molecular weight is 502 g/mol. The van der Waals surface area contributed by atoms with Crippen molar-refractivity contribution in [1.82, 2.24) is 5.32 Å². The van der Waals surface area contributed by atoms with Crippen molar-refractivity contribution in [2.45, 2.75) is 18.6 Å². The smallest absolute Gasteiger partial charge is 0.133 e. The van der Waals surface area contributed by atoms with Crippen LogP contribution in [0.5, 0.6) is 17.2 Å². The van der Waals surface area contributed by atoms with Gasteiger partial charge in [-0.25, -0.2) is 0 Å². The van der Waals surface area contributed by atoms with Crippen molar-refractivity contribution >= 4 is 33.2 Å². The van der Waals surface area contributed by atoms with Crippen molar-refractivity contribution < 1.29 is 14.6 Å². The molecule has 0 aliphatic carbocycles. The minimum atomic E-state index is -0.309. The fraction of sp³-hybridized carbons (Fsp3) is 0.208. The molecule has 2 N–H and O–H groups in total. The highest BCUT2D eigenvalue weighted by molar-refractivity contribution is 9.10. The molecule has 0 amide bonds. The van der Waals surface area contributed by atoms with Crippen molar-refractivity contribution in [3.8, 4) is 17.2 Å². The largest absolute Gasteiger partial charge is 0.508 e. The second-order valence-electron chi connectivity index (χ2n) is 7.23. The molecule has 1 heterocycles. The summed E-state index contributed by atoms with van der Waals surface area (Å²) in [7, 11) is 3.28. The molecule has 7 heteroatoms. The van der Waals surface area contributed by atoms with Gasteiger partial charge < -0.3 is 14.6 Å². The molecule has 31 heavy (non-hydrogen) atoms. The lowest BCUT2D eigenvalue weighted by Gasteiger charge is -2.31. The van der Waals surface area contributed by atoms with Gasteiger partial charge in [-0.3, -0.25) is 10.3 Å². The molecule has 1 aliphatic heterocycles. The quantitative estimate of drug-likeness (QED) is 0.447. The van der Waals surface area contributed by atoms with Gasteiger partial charge in [0.1, 0.15) is 23.4 Å². The summed E-state index contributed by atoms with van der Waals surface area (Å²) in [6.45, 7) is 0. The molecule has 0 bridgehead atoms. The summed E-state index contributed by atoms with van der Waals surface area (Å²) in [5.41, 5.74) is 3.66. The van der Waals surface area contributed by atoms with Crippen LogP contribution in [0.25, 0.3) is 0 Å². The summed E-state index contributed by atoms with van der Waals surface area (Å²) in [6, 6.07) is 18.7. The van der Waals surface area contributed by atoms with Crippen LogP contribution < -0.4 is 14.8 Å². The maximum absolute atomic E-state index is 10.5. The Bertz CT molecular complexity index is 1120. The number of benzene rings is 3. The normalized spacial score (nSPS) is 18.4. The fourth-order valence-electron chi connectivity index (χ4n) is 3.69. The van der Waals surface area contributed by atoms with E-state index < -0.39 is 0 Å². The van der Waals surface area contributed by atoms with Crippen LogP contribution in [0.15, 0.2) is 70.1 Å². The van der Waals surface area contributed by atoms with Crippen molar-refractivity contribution in [2.24, 2.45) is 4.99 Å². The standard InChI is InChI=1S/C24H22BrClN2O3/c1-30-17-7-3-14(4-8-17)20-13-21(18-12-16(26)6-9-22(18)29)28-24(27-20)15-5-10-23(31-2)19(25)11-15/h3-12,21,24,28-29H,13H2,1-2H3/t21-,24-/m1/s1. The molecule has 0 saturated carbocycles. The monoisotopic (exact) mass is 500 g/mol. The van der Waals surface area contributed by atoms with E-state index in [-0.39, 0.29) is 18.0 Å². The van der Waals surface area contributed by atoms with Gasteiger partial charge in [0.15, 0.2) is 0 Å². The predicted octanol–water partition coefficient (Wildman–Crippen LogP) is 6.05.